The first-order valence-electron chi connectivity index (χ1n) is 9.95. The van der Waals surface area contributed by atoms with Gasteiger partial charge in [-0.05, 0) is 30.7 Å². The Balaban J connectivity index is 0.000000451. The molecule has 178 valence electrons. The molecule has 1 aromatic heterocycles. The van der Waals surface area contributed by atoms with Crippen molar-refractivity contribution in [1.82, 2.24) is 14.8 Å². The van der Waals surface area contributed by atoms with Crippen LogP contribution in [-0.2, 0) is 14.3 Å². The average molecular weight is 463 g/mol. The fourth-order valence-corrected chi connectivity index (χ4v) is 3.82. The molecule has 8 nitrogen and oxygen atoms in total. The van der Waals surface area contributed by atoms with Crippen LogP contribution in [0.25, 0.3) is 0 Å². The largest absolute Gasteiger partial charge is 0.490 e. The molecule has 0 aromatic carbocycles. The number of piperidine rings is 2. The summed E-state index contributed by atoms with van der Waals surface area (Å²) in [6.45, 7) is 3.05. The molecule has 2 fully saturated rings. The number of alkyl halides is 3. The first kappa shape index (κ1) is 25.5. The highest BCUT2D eigenvalue weighted by Gasteiger charge is 2.42. The van der Waals surface area contributed by atoms with Crippen LogP contribution in [0.1, 0.15) is 36.0 Å². The van der Waals surface area contributed by atoms with Crippen LogP contribution < -0.4 is 0 Å². The van der Waals surface area contributed by atoms with E-state index in [1.807, 2.05) is 4.90 Å². The third-order valence-corrected chi connectivity index (χ3v) is 5.67. The van der Waals surface area contributed by atoms with Crippen molar-refractivity contribution < 1.29 is 41.8 Å². The summed E-state index contributed by atoms with van der Waals surface area (Å²) >= 11 is 0. The monoisotopic (exact) mass is 463 g/mol. The van der Waals surface area contributed by atoms with Crippen LogP contribution in [0.5, 0.6) is 0 Å². The predicted octanol–water partition coefficient (Wildman–Crippen LogP) is 2.35. The van der Waals surface area contributed by atoms with Crippen LogP contribution in [0.4, 0.5) is 17.6 Å². The van der Waals surface area contributed by atoms with Crippen molar-refractivity contribution in [3.8, 4) is 0 Å². The zero-order valence-corrected chi connectivity index (χ0v) is 17.5. The van der Waals surface area contributed by atoms with Gasteiger partial charge in [0.1, 0.15) is 0 Å². The molecule has 2 aliphatic rings. The number of aliphatic carboxylic acids is 1. The number of ether oxygens (including phenoxy) is 1. The smallest absolute Gasteiger partial charge is 0.475 e. The van der Waals surface area contributed by atoms with Gasteiger partial charge in [0, 0.05) is 45.9 Å². The van der Waals surface area contributed by atoms with E-state index in [1.165, 1.54) is 12.3 Å². The molecule has 0 atom stereocenters. The summed E-state index contributed by atoms with van der Waals surface area (Å²) in [7, 11) is 1.63. The Kier molecular flexibility index (Phi) is 8.53. The van der Waals surface area contributed by atoms with E-state index < -0.39 is 18.0 Å². The number of rotatable bonds is 4. The lowest BCUT2D eigenvalue weighted by atomic mass is 9.72. The number of aromatic nitrogens is 1. The van der Waals surface area contributed by atoms with Gasteiger partial charge in [0.15, 0.2) is 5.82 Å². The highest BCUT2D eigenvalue weighted by Crippen LogP contribution is 2.40. The number of nitrogens with zero attached hydrogens (tertiary/aromatic N) is 3. The van der Waals surface area contributed by atoms with Crippen LogP contribution in [0, 0.1) is 11.2 Å². The van der Waals surface area contributed by atoms with Crippen LogP contribution in [0.3, 0.4) is 0 Å². The third-order valence-electron chi connectivity index (χ3n) is 5.67. The summed E-state index contributed by atoms with van der Waals surface area (Å²) in [4.78, 5) is 40.8. The minimum absolute atomic E-state index is 0.0647. The highest BCUT2D eigenvalue weighted by atomic mass is 19.4. The zero-order chi connectivity index (χ0) is 23.9. The standard InChI is InChI=1S/C18H24FN3O3.C2HF3O2/c1-25-11-10-22-13-18(4-2-16(22)23)5-8-21(9-6-18)17(24)14-3-7-20-12-15(14)19;3-2(4,5)1(6)7/h3,7,12H,2,4-6,8-11,13H2,1H3;(H,6,7). The molecular formula is C20H25F4N3O5. The number of carboxylic acids is 1. The van der Waals surface area contributed by atoms with Gasteiger partial charge in [-0.1, -0.05) is 0 Å². The van der Waals surface area contributed by atoms with Gasteiger partial charge in [-0.2, -0.15) is 13.2 Å². The SMILES string of the molecule is COCCN1CC2(CCC1=O)CCN(C(=O)c1ccncc1F)CC2.O=C(O)C(F)(F)F. The molecule has 1 N–H and O–H groups in total. The van der Waals surface area contributed by atoms with Crippen LogP contribution in [0.15, 0.2) is 18.5 Å². The van der Waals surface area contributed by atoms with E-state index >= 15 is 0 Å². The second-order valence-electron chi connectivity index (χ2n) is 7.76. The quantitative estimate of drug-likeness (QED) is 0.689. The minimum Gasteiger partial charge on any atom is -0.475 e. The van der Waals surface area contributed by atoms with Crippen molar-refractivity contribution in [3.05, 3.63) is 29.8 Å². The lowest BCUT2D eigenvalue weighted by molar-refractivity contribution is -0.192. The van der Waals surface area contributed by atoms with Gasteiger partial charge in [0.25, 0.3) is 5.91 Å². The number of halogens is 4. The van der Waals surface area contributed by atoms with Crippen molar-refractivity contribution >= 4 is 17.8 Å². The maximum Gasteiger partial charge on any atom is 0.490 e. The number of carboxylic acid groups (broad SMARTS) is 1. The summed E-state index contributed by atoms with van der Waals surface area (Å²) < 4.78 is 50.6. The first-order valence-corrected chi connectivity index (χ1v) is 9.95. The minimum atomic E-state index is -5.08. The molecule has 32 heavy (non-hydrogen) atoms. The number of carbonyl (C=O) groups is 3. The van der Waals surface area contributed by atoms with Gasteiger partial charge in [-0.25, -0.2) is 9.18 Å². The molecule has 2 amide bonds. The van der Waals surface area contributed by atoms with Crippen molar-refractivity contribution in [2.24, 2.45) is 5.41 Å². The molecule has 2 aliphatic heterocycles. The van der Waals surface area contributed by atoms with Crippen LogP contribution >= 0.6 is 0 Å². The van der Waals surface area contributed by atoms with Gasteiger partial charge in [0.2, 0.25) is 5.91 Å². The second-order valence-corrected chi connectivity index (χ2v) is 7.76. The van der Waals surface area contributed by atoms with E-state index in [0.29, 0.717) is 32.7 Å². The van der Waals surface area contributed by atoms with Gasteiger partial charge in [-0.15, -0.1) is 0 Å². The summed E-state index contributed by atoms with van der Waals surface area (Å²) in [5.41, 5.74) is 0.140. The molecule has 0 radical (unpaired) electrons. The lowest BCUT2D eigenvalue weighted by Gasteiger charge is -2.47. The summed E-state index contributed by atoms with van der Waals surface area (Å²) in [5, 5.41) is 7.12. The van der Waals surface area contributed by atoms with E-state index in [2.05, 4.69) is 4.98 Å². The van der Waals surface area contributed by atoms with E-state index in [-0.39, 0.29) is 22.8 Å². The van der Waals surface area contributed by atoms with Crippen LogP contribution in [-0.4, -0.2) is 83.7 Å². The Labute approximate surface area is 182 Å². The maximum atomic E-state index is 13.8. The third kappa shape index (κ3) is 6.62. The molecule has 12 heteroatoms. The van der Waals surface area contributed by atoms with E-state index in [9.17, 15) is 27.2 Å². The number of likely N-dealkylation sites (tertiary alicyclic amines) is 2. The van der Waals surface area contributed by atoms with Crippen molar-refractivity contribution in [2.45, 2.75) is 31.9 Å². The first-order chi connectivity index (χ1) is 15.0. The van der Waals surface area contributed by atoms with E-state index in [4.69, 9.17) is 14.6 Å². The molecule has 0 aliphatic carbocycles. The highest BCUT2D eigenvalue weighted by molar-refractivity contribution is 5.94. The average Bonchev–Trinajstić information content (AvgIpc) is 2.75. The second kappa shape index (κ2) is 10.7. The Bertz CT molecular complexity index is 826. The summed E-state index contributed by atoms with van der Waals surface area (Å²) in [5.74, 6) is -3.44. The van der Waals surface area contributed by atoms with Gasteiger partial charge in [-0.3, -0.25) is 14.6 Å². The number of methoxy groups -OCH3 is 1. The molecule has 0 bridgehead atoms. The predicted molar refractivity (Wildman–Crippen MR) is 103 cm³/mol. The van der Waals surface area contributed by atoms with Crippen molar-refractivity contribution in [1.29, 1.82) is 0 Å². The molecular weight excluding hydrogens is 438 g/mol. The lowest BCUT2D eigenvalue weighted by Crippen LogP contribution is -2.53. The van der Waals surface area contributed by atoms with E-state index in [1.54, 1.807) is 12.0 Å². The molecule has 2 saturated heterocycles. The molecule has 3 rings (SSSR count). The Morgan fingerprint density at radius 1 is 1.25 bits per heavy atom. The number of carbonyl (C=O) groups excluding carboxylic acids is 2. The number of amides is 2. The molecule has 1 spiro atoms. The number of pyridine rings is 1. The fraction of sp³-hybridized carbons (Fsp3) is 0.600. The molecule has 1 aromatic rings. The van der Waals surface area contributed by atoms with Gasteiger partial charge < -0.3 is 19.6 Å². The molecule has 0 saturated carbocycles. The maximum absolute atomic E-state index is 13.8. The Morgan fingerprint density at radius 3 is 2.41 bits per heavy atom. The summed E-state index contributed by atoms with van der Waals surface area (Å²) in [6.07, 6.45) is 0.503. The number of hydrogen-bond acceptors (Lipinski definition) is 5. The topological polar surface area (TPSA) is 100 Å². The van der Waals surface area contributed by atoms with Gasteiger partial charge in [0.05, 0.1) is 18.4 Å². The molecule has 3 heterocycles. The van der Waals surface area contributed by atoms with Crippen molar-refractivity contribution in [3.63, 3.8) is 0 Å². The Morgan fingerprint density at radius 2 is 1.88 bits per heavy atom. The van der Waals surface area contributed by atoms with Crippen molar-refractivity contribution in [2.75, 3.05) is 39.9 Å². The Hall–Kier alpha value is -2.76. The fourth-order valence-electron chi connectivity index (χ4n) is 3.82. The molecule has 0 unspecified atom stereocenters. The normalized spacial score (nSPS) is 18.2. The zero-order valence-electron chi connectivity index (χ0n) is 17.5. The van der Waals surface area contributed by atoms with Crippen LogP contribution in [0.2, 0.25) is 0 Å². The number of hydrogen-bond donors (Lipinski definition) is 1. The van der Waals surface area contributed by atoms with Gasteiger partial charge >= 0.3 is 12.1 Å². The summed E-state index contributed by atoms with van der Waals surface area (Å²) in [6, 6.07) is 1.42. The van der Waals surface area contributed by atoms with E-state index in [0.717, 1.165) is 32.0 Å².